The molecule has 0 unspecified atom stereocenters. The van der Waals surface area contributed by atoms with Crippen molar-refractivity contribution in [3.8, 4) is 0 Å². The zero-order valence-electron chi connectivity index (χ0n) is 14.0. The van der Waals surface area contributed by atoms with Crippen LogP contribution in [0.3, 0.4) is 0 Å². The fourth-order valence-corrected chi connectivity index (χ4v) is 3.54. The van der Waals surface area contributed by atoms with Crippen molar-refractivity contribution in [2.45, 2.75) is 19.4 Å². The Bertz CT molecular complexity index is 656. The molecule has 0 amide bonds. The van der Waals surface area contributed by atoms with Crippen molar-refractivity contribution in [2.75, 3.05) is 37.3 Å². The molecule has 128 valence electrons. The summed E-state index contributed by atoms with van der Waals surface area (Å²) in [4.78, 5) is 12.9. The van der Waals surface area contributed by atoms with Gasteiger partial charge in [0.05, 0.1) is 0 Å². The molecule has 1 aromatic carbocycles. The Labute approximate surface area is 148 Å². The fourth-order valence-electron chi connectivity index (χ4n) is 3.32. The fraction of sp³-hybridized carbons (Fsp3) is 0.444. The minimum atomic E-state index is 0.353. The molecule has 24 heavy (non-hydrogen) atoms. The molecule has 0 saturated carbocycles. The average molecular weight is 346 g/mol. The van der Waals surface area contributed by atoms with Crippen LogP contribution in [0.2, 0.25) is 5.02 Å². The third-order valence-electron chi connectivity index (χ3n) is 4.58. The second-order valence-electron chi connectivity index (χ2n) is 6.51. The van der Waals surface area contributed by atoms with Gasteiger partial charge in [-0.05, 0) is 31.4 Å². The summed E-state index contributed by atoms with van der Waals surface area (Å²) in [6.07, 6.45) is 3.76. The third kappa shape index (κ3) is 4.16. The van der Waals surface area contributed by atoms with E-state index in [0.717, 1.165) is 44.8 Å². The van der Waals surface area contributed by atoms with E-state index in [2.05, 4.69) is 57.1 Å². The summed E-state index contributed by atoms with van der Waals surface area (Å²) in [6, 6.07) is 10.6. The molecular formula is C18H24ClN5. The molecule has 1 aliphatic rings. The zero-order chi connectivity index (χ0) is 16.9. The van der Waals surface area contributed by atoms with Crippen LogP contribution in [0, 0.1) is 5.92 Å². The number of piperidine rings is 1. The molecule has 1 saturated heterocycles. The molecule has 0 aliphatic carbocycles. The van der Waals surface area contributed by atoms with Gasteiger partial charge in [-0.2, -0.15) is 0 Å². The van der Waals surface area contributed by atoms with Crippen LogP contribution in [0.4, 0.5) is 11.6 Å². The average Bonchev–Trinajstić information content (AvgIpc) is 2.59. The normalized spacial score (nSPS) is 15.9. The number of nitrogen functional groups attached to an aromatic ring is 1. The second kappa shape index (κ2) is 7.81. The predicted octanol–water partition coefficient (Wildman–Crippen LogP) is 3.06. The van der Waals surface area contributed by atoms with E-state index >= 15 is 0 Å². The van der Waals surface area contributed by atoms with Crippen LogP contribution in [0.25, 0.3) is 0 Å². The van der Waals surface area contributed by atoms with E-state index in [0.29, 0.717) is 16.8 Å². The molecule has 0 spiro atoms. The van der Waals surface area contributed by atoms with Crippen molar-refractivity contribution >= 4 is 23.2 Å². The first-order valence-corrected chi connectivity index (χ1v) is 8.74. The summed E-state index contributed by atoms with van der Waals surface area (Å²) in [7, 11) is 2.20. The minimum Gasteiger partial charge on any atom is -0.382 e. The monoisotopic (exact) mass is 345 g/mol. The minimum absolute atomic E-state index is 0.353. The maximum atomic E-state index is 6.24. The number of aromatic nitrogens is 2. The van der Waals surface area contributed by atoms with E-state index in [-0.39, 0.29) is 0 Å². The van der Waals surface area contributed by atoms with Crippen molar-refractivity contribution in [3.05, 3.63) is 47.2 Å². The maximum Gasteiger partial charge on any atom is 0.153 e. The number of hydrogen-bond acceptors (Lipinski definition) is 5. The molecule has 2 aromatic rings. The molecule has 1 fully saturated rings. The first-order valence-electron chi connectivity index (χ1n) is 8.37. The van der Waals surface area contributed by atoms with Crippen LogP contribution in [-0.2, 0) is 6.54 Å². The Morgan fingerprint density at radius 3 is 2.62 bits per heavy atom. The molecule has 2 heterocycles. The van der Waals surface area contributed by atoms with Gasteiger partial charge in [-0.3, -0.25) is 0 Å². The number of nitrogens with zero attached hydrogens (tertiary/aromatic N) is 4. The lowest BCUT2D eigenvalue weighted by Crippen LogP contribution is -2.38. The SMILES string of the molecule is CN(Cc1ccccc1)CC1CCN(c2ncnc(N)c2Cl)CC1. The highest BCUT2D eigenvalue weighted by Gasteiger charge is 2.23. The highest BCUT2D eigenvalue weighted by atomic mass is 35.5. The summed E-state index contributed by atoms with van der Waals surface area (Å²) >= 11 is 6.24. The summed E-state index contributed by atoms with van der Waals surface area (Å²) in [5.41, 5.74) is 7.14. The summed E-state index contributed by atoms with van der Waals surface area (Å²) in [5, 5.41) is 0.470. The van der Waals surface area contributed by atoms with Gasteiger partial charge in [0.15, 0.2) is 5.82 Å². The smallest absolute Gasteiger partial charge is 0.153 e. The number of benzene rings is 1. The van der Waals surface area contributed by atoms with E-state index in [1.807, 2.05) is 0 Å². The summed E-state index contributed by atoms with van der Waals surface area (Å²) in [5.74, 6) is 1.82. The molecule has 1 aliphatic heterocycles. The van der Waals surface area contributed by atoms with Gasteiger partial charge in [0.2, 0.25) is 0 Å². The standard InChI is InChI=1S/C18H24ClN5/c1-23(11-14-5-3-2-4-6-14)12-15-7-9-24(10-8-15)18-16(19)17(20)21-13-22-18/h2-6,13,15H,7-12H2,1H3,(H2,20,21,22). The zero-order valence-corrected chi connectivity index (χ0v) is 14.8. The Kier molecular flexibility index (Phi) is 5.53. The topological polar surface area (TPSA) is 58.3 Å². The maximum absolute atomic E-state index is 6.24. The van der Waals surface area contributed by atoms with Gasteiger partial charge < -0.3 is 15.5 Å². The Balaban J connectivity index is 1.51. The molecule has 0 radical (unpaired) electrons. The second-order valence-corrected chi connectivity index (χ2v) is 6.89. The number of halogens is 1. The van der Waals surface area contributed by atoms with Crippen LogP contribution in [-0.4, -0.2) is 41.5 Å². The lowest BCUT2D eigenvalue weighted by Gasteiger charge is -2.35. The predicted molar refractivity (Wildman–Crippen MR) is 99.2 cm³/mol. The lowest BCUT2D eigenvalue weighted by atomic mass is 9.96. The van der Waals surface area contributed by atoms with Crippen molar-refractivity contribution in [1.29, 1.82) is 0 Å². The van der Waals surface area contributed by atoms with Gasteiger partial charge in [-0.25, -0.2) is 9.97 Å². The highest BCUT2D eigenvalue weighted by Crippen LogP contribution is 2.30. The van der Waals surface area contributed by atoms with Crippen LogP contribution in [0.5, 0.6) is 0 Å². The van der Waals surface area contributed by atoms with Crippen molar-refractivity contribution < 1.29 is 0 Å². The van der Waals surface area contributed by atoms with E-state index in [1.54, 1.807) is 0 Å². The number of nitrogens with two attached hydrogens (primary N) is 1. The van der Waals surface area contributed by atoms with Gasteiger partial charge in [-0.15, -0.1) is 0 Å². The van der Waals surface area contributed by atoms with Crippen LogP contribution < -0.4 is 10.6 Å². The van der Waals surface area contributed by atoms with Crippen molar-refractivity contribution in [2.24, 2.45) is 5.92 Å². The van der Waals surface area contributed by atoms with Gasteiger partial charge in [0.25, 0.3) is 0 Å². The largest absolute Gasteiger partial charge is 0.382 e. The van der Waals surface area contributed by atoms with Crippen LogP contribution >= 0.6 is 11.6 Å². The summed E-state index contributed by atoms with van der Waals surface area (Å²) < 4.78 is 0. The first-order chi connectivity index (χ1) is 11.6. The molecule has 5 nitrogen and oxygen atoms in total. The first kappa shape index (κ1) is 17.0. The lowest BCUT2D eigenvalue weighted by molar-refractivity contribution is 0.242. The van der Waals surface area contributed by atoms with Crippen LogP contribution in [0.15, 0.2) is 36.7 Å². The van der Waals surface area contributed by atoms with Crippen molar-refractivity contribution in [1.82, 2.24) is 14.9 Å². The number of anilines is 2. The Morgan fingerprint density at radius 1 is 1.21 bits per heavy atom. The molecule has 3 rings (SSSR count). The molecule has 2 N–H and O–H groups in total. The van der Waals surface area contributed by atoms with E-state index in [1.165, 1.54) is 11.9 Å². The van der Waals surface area contributed by atoms with Gasteiger partial charge in [0.1, 0.15) is 17.2 Å². The van der Waals surface area contributed by atoms with Crippen molar-refractivity contribution in [3.63, 3.8) is 0 Å². The molecule has 0 atom stereocenters. The molecule has 6 heteroatoms. The van der Waals surface area contributed by atoms with Gasteiger partial charge >= 0.3 is 0 Å². The highest BCUT2D eigenvalue weighted by molar-refractivity contribution is 6.35. The number of hydrogen-bond donors (Lipinski definition) is 1. The van der Waals surface area contributed by atoms with Crippen LogP contribution in [0.1, 0.15) is 18.4 Å². The third-order valence-corrected chi connectivity index (χ3v) is 4.94. The Hall–Kier alpha value is -1.85. The van der Waals surface area contributed by atoms with E-state index < -0.39 is 0 Å². The van der Waals surface area contributed by atoms with E-state index in [4.69, 9.17) is 17.3 Å². The van der Waals surface area contributed by atoms with Gasteiger partial charge in [-0.1, -0.05) is 41.9 Å². The molecule has 0 bridgehead atoms. The molecular weight excluding hydrogens is 322 g/mol. The number of rotatable bonds is 5. The quantitative estimate of drug-likeness (QED) is 0.902. The Morgan fingerprint density at radius 2 is 1.92 bits per heavy atom. The van der Waals surface area contributed by atoms with Gasteiger partial charge in [0, 0.05) is 26.2 Å². The summed E-state index contributed by atoms with van der Waals surface area (Å²) in [6.45, 7) is 4.03. The van der Waals surface area contributed by atoms with E-state index in [9.17, 15) is 0 Å². The molecule has 1 aromatic heterocycles.